The second-order valence-corrected chi connectivity index (χ2v) is 7.45. The Balaban J connectivity index is 1.33. The second kappa shape index (κ2) is 9.90. The van der Waals surface area contributed by atoms with Crippen molar-refractivity contribution < 1.29 is 14.3 Å². The van der Waals surface area contributed by atoms with Crippen molar-refractivity contribution in [2.24, 2.45) is 5.10 Å². The molecule has 0 aliphatic carbocycles. The molecular formula is C26H19ClN2O3. The molecule has 0 aromatic heterocycles. The van der Waals surface area contributed by atoms with Crippen LogP contribution < -0.4 is 10.2 Å². The topological polar surface area (TPSA) is 67.8 Å². The Bertz CT molecular complexity index is 1290. The molecular weight excluding hydrogens is 424 g/mol. The average Bonchev–Trinajstić information content (AvgIpc) is 2.81. The van der Waals surface area contributed by atoms with Crippen molar-refractivity contribution in [3.63, 3.8) is 0 Å². The van der Waals surface area contributed by atoms with Gasteiger partial charge in [-0.2, -0.15) is 5.10 Å². The summed E-state index contributed by atoms with van der Waals surface area (Å²) in [6, 6.07) is 27.3. The minimum Gasteiger partial charge on any atom is -0.423 e. The number of halogens is 1. The zero-order chi connectivity index (χ0) is 22.3. The van der Waals surface area contributed by atoms with E-state index in [2.05, 4.69) is 10.5 Å². The van der Waals surface area contributed by atoms with Gasteiger partial charge in [0.1, 0.15) is 5.75 Å². The number of fused-ring (bicyclic) bond motifs is 1. The highest BCUT2D eigenvalue weighted by molar-refractivity contribution is 6.33. The van der Waals surface area contributed by atoms with Gasteiger partial charge in [0, 0.05) is 0 Å². The van der Waals surface area contributed by atoms with Crippen LogP contribution in [0.1, 0.15) is 21.5 Å². The minimum absolute atomic E-state index is 0.206. The highest BCUT2D eigenvalue weighted by Crippen LogP contribution is 2.20. The Morgan fingerprint density at radius 2 is 1.59 bits per heavy atom. The maximum atomic E-state index is 12.3. The normalized spacial score (nSPS) is 10.9. The molecule has 0 atom stereocenters. The highest BCUT2D eigenvalue weighted by atomic mass is 35.5. The van der Waals surface area contributed by atoms with Crippen LogP contribution in [0.25, 0.3) is 10.8 Å². The molecule has 0 bridgehead atoms. The van der Waals surface area contributed by atoms with Gasteiger partial charge in [-0.1, -0.05) is 66.2 Å². The first-order chi connectivity index (χ1) is 15.6. The van der Waals surface area contributed by atoms with Gasteiger partial charge in [0.15, 0.2) is 0 Å². The first-order valence-electron chi connectivity index (χ1n) is 9.95. The van der Waals surface area contributed by atoms with E-state index in [-0.39, 0.29) is 12.3 Å². The van der Waals surface area contributed by atoms with Gasteiger partial charge in [-0.15, -0.1) is 0 Å². The molecule has 6 heteroatoms. The van der Waals surface area contributed by atoms with Crippen LogP contribution in [0.5, 0.6) is 5.75 Å². The molecule has 0 heterocycles. The van der Waals surface area contributed by atoms with Crippen LogP contribution in [0, 0.1) is 0 Å². The lowest BCUT2D eigenvalue weighted by molar-refractivity contribution is -0.120. The smallest absolute Gasteiger partial charge is 0.345 e. The van der Waals surface area contributed by atoms with Crippen LogP contribution >= 0.6 is 11.6 Å². The maximum absolute atomic E-state index is 12.3. The molecule has 0 fully saturated rings. The molecule has 0 saturated heterocycles. The molecule has 0 unspecified atom stereocenters. The third-order valence-corrected chi connectivity index (χ3v) is 5.15. The lowest BCUT2D eigenvalue weighted by Gasteiger charge is -2.06. The van der Waals surface area contributed by atoms with Crippen molar-refractivity contribution in [3.05, 3.63) is 113 Å². The molecule has 32 heavy (non-hydrogen) atoms. The van der Waals surface area contributed by atoms with Crippen molar-refractivity contribution in [2.45, 2.75) is 6.42 Å². The summed E-state index contributed by atoms with van der Waals surface area (Å²) in [6.45, 7) is 0. The fourth-order valence-electron chi connectivity index (χ4n) is 3.25. The van der Waals surface area contributed by atoms with E-state index >= 15 is 0 Å². The first-order valence-corrected chi connectivity index (χ1v) is 10.3. The zero-order valence-electron chi connectivity index (χ0n) is 17.0. The van der Waals surface area contributed by atoms with Gasteiger partial charge in [0.25, 0.3) is 0 Å². The molecule has 158 valence electrons. The number of amides is 1. The van der Waals surface area contributed by atoms with E-state index in [1.807, 2.05) is 42.5 Å². The quantitative estimate of drug-likeness (QED) is 0.188. The van der Waals surface area contributed by atoms with Gasteiger partial charge in [-0.05, 0) is 58.3 Å². The number of carbonyl (C=O) groups excluding carboxylic acids is 2. The summed E-state index contributed by atoms with van der Waals surface area (Å²) in [7, 11) is 0. The van der Waals surface area contributed by atoms with Gasteiger partial charge in [0.05, 0.1) is 23.2 Å². The van der Waals surface area contributed by atoms with Crippen LogP contribution in [0.3, 0.4) is 0 Å². The summed E-state index contributed by atoms with van der Waals surface area (Å²) in [4.78, 5) is 24.5. The predicted molar refractivity (Wildman–Crippen MR) is 126 cm³/mol. The van der Waals surface area contributed by atoms with E-state index in [4.69, 9.17) is 16.3 Å². The maximum Gasteiger partial charge on any atom is 0.345 e. The van der Waals surface area contributed by atoms with Crippen LogP contribution in [0.4, 0.5) is 0 Å². The number of nitrogens with zero attached hydrogens (tertiary/aromatic N) is 1. The summed E-state index contributed by atoms with van der Waals surface area (Å²) < 4.78 is 5.34. The first kappa shape index (κ1) is 21.3. The summed E-state index contributed by atoms with van der Waals surface area (Å²) in [5, 5.41) is 6.50. The van der Waals surface area contributed by atoms with Gasteiger partial charge in [-0.25, -0.2) is 10.2 Å². The van der Waals surface area contributed by atoms with Crippen molar-refractivity contribution in [3.8, 4) is 5.75 Å². The van der Waals surface area contributed by atoms with E-state index in [0.717, 1.165) is 21.9 Å². The van der Waals surface area contributed by atoms with Crippen LogP contribution in [-0.4, -0.2) is 18.1 Å². The Labute approximate surface area is 190 Å². The summed E-state index contributed by atoms with van der Waals surface area (Å²) in [5.41, 5.74) is 4.54. The molecule has 4 aromatic rings. The molecule has 0 spiro atoms. The predicted octanol–water partition coefficient (Wildman–Crippen LogP) is 5.41. The van der Waals surface area contributed by atoms with Gasteiger partial charge < -0.3 is 4.74 Å². The highest BCUT2D eigenvalue weighted by Gasteiger charge is 2.12. The Morgan fingerprint density at radius 1 is 0.875 bits per heavy atom. The summed E-state index contributed by atoms with van der Waals surface area (Å²) in [5.74, 6) is -0.354. The monoisotopic (exact) mass is 442 g/mol. The fourth-order valence-corrected chi connectivity index (χ4v) is 3.46. The molecule has 0 aliphatic rings. The minimum atomic E-state index is -0.530. The summed E-state index contributed by atoms with van der Waals surface area (Å²) >= 11 is 6.02. The Morgan fingerprint density at radius 3 is 2.41 bits per heavy atom. The number of hydrazone groups is 1. The average molecular weight is 443 g/mol. The zero-order valence-corrected chi connectivity index (χ0v) is 17.8. The number of nitrogens with one attached hydrogen (secondary N) is 1. The molecule has 1 N–H and O–H groups in total. The number of hydrogen-bond acceptors (Lipinski definition) is 4. The molecule has 4 aromatic carbocycles. The lowest BCUT2D eigenvalue weighted by atomic mass is 10.0. The molecule has 4 rings (SSSR count). The third kappa shape index (κ3) is 5.20. The second-order valence-electron chi connectivity index (χ2n) is 7.05. The fraction of sp³-hybridized carbons (Fsp3) is 0.0385. The molecule has 0 saturated carbocycles. The van der Waals surface area contributed by atoms with Crippen molar-refractivity contribution >= 4 is 40.5 Å². The van der Waals surface area contributed by atoms with Gasteiger partial charge >= 0.3 is 5.97 Å². The van der Waals surface area contributed by atoms with Crippen LogP contribution in [-0.2, 0) is 11.2 Å². The van der Waals surface area contributed by atoms with Crippen LogP contribution in [0.15, 0.2) is 96.1 Å². The largest absolute Gasteiger partial charge is 0.423 e. The van der Waals surface area contributed by atoms with Gasteiger partial charge in [-0.3, -0.25) is 4.79 Å². The van der Waals surface area contributed by atoms with E-state index in [9.17, 15) is 9.59 Å². The molecule has 5 nitrogen and oxygen atoms in total. The molecule has 0 aliphatic heterocycles. The number of esters is 1. The molecule has 0 radical (unpaired) electrons. The number of rotatable bonds is 6. The number of hydrogen-bond donors (Lipinski definition) is 1. The van der Waals surface area contributed by atoms with Crippen LogP contribution in [0.2, 0.25) is 5.02 Å². The number of ether oxygens (including phenoxy) is 1. The standard InChI is InChI=1S/C26H19ClN2O3/c27-24-11-4-3-10-23(24)26(31)32-21-14-12-18(13-15-21)17-28-29-25(30)16-20-8-5-7-19-6-1-2-9-22(19)20/h1-15,17H,16H2,(H,29,30)/b28-17+. The molecule has 1 amide bonds. The van der Waals surface area contributed by atoms with E-state index < -0.39 is 5.97 Å². The van der Waals surface area contributed by atoms with Gasteiger partial charge in [0.2, 0.25) is 5.91 Å². The van der Waals surface area contributed by atoms with Crippen molar-refractivity contribution in [1.29, 1.82) is 0 Å². The van der Waals surface area contributed by atoms with E-state index in [0.29, 0.717) is 16.3 Å². The number of benzene rings is 4. The summed E-state index contributed by atoms with van der Waals surface area (Å²) in [6.07, 6.45) is 1.76. The van der Waals surface area contributed by atoms with E-state index in [1.54, 1.807) is 48.5 Å². The van der Waals surface area contributed by atoms with E-state index in [1.165, 1.54) is 6.21 Å². The Kier molecular flexibility index (Phi) is 6.58. The third-order valence-electron chi connectivity index (χ3n) is 4.82. The SMILES string of the molecule is O=C(Cc1cccc2ccccc12)N/N=C/c1ccc(OC(=O)c2ccccc2Cl)cc1. The lowest BCUT2D eigenvalue weighted by Crippen LogP contribution is -2.19. The Hall–Kier alpha value is -3.96. The van der Waals surface area contributed by atoms with Crippen molar-refractivity contribution in [2.75, 3.05) is 0 Å². The van der Waals surface area contributed by atoms with Crippen molar-refractivity contribution in [1.82, 2.24) is 5.43 Å². The number of carbonyl (C=O) groups is 2.